The number of ether oxygens (including phenoxy) is 2. The standard InChI is InChI=1S/C23H24N2O3/c24-14-17-12-16(19-6-3-7-21-23(19)28-11-10-27-21)8-9-25(17)20-13-15-4-1-2-5-18(15)22(20)26/h1-7,16-17,20,22,26H,8-13H2. The number of hydrogen-bond donors (Lipinski definition) is 1. The summed E-state index contributed by atoms with van der Waals surface area (Å²) in [6, 6.07) is 16.4. The van der Waals surface area contributed by atoms with E-state index < -0.39 is 6.10 Å². The van der Waals surface area contributed by atoms with Crippen LogP contribution in [-0.4, -0.2) is 41.8 Å². The third-order valence-electron chi connectivity index (χ3n) is 6.42. The van der Waals surface area contributed by atoms with Gasteiger partial charge in [0.05, 0.1) is 18.2 Å². The molecule has 5 nitrogen and oxygen atoms in total. The fourth-order valence-electron chi connectivity index (χ4n) is 5.06. The number of nitrogens with zero attached hydrogens (tertiary/aromatic N) is 2. The highest BCUT2D eigenvalue weighted by Gasteiger charge is 2.41. The summed E-state index contributed by atoms with van der Waals surface area (Å²) >= 11 is 0. The van der Waals surface area contributed by atoms with Crippen LogP contribution in [0.1, 0.15) is 41.6 Å². The van der Waals surface area contributed by atoms with Crippen molar-refractivity contribution >= 4 is 0 Å². The van der Waals surface area contributed by atoms with E-state index in [2.05, 4.69) is 23.1 Å². The average molecular weight is 376 g/mol. The van der Waals surface area contributed by atoms with Crippen LogP contribution in [0.25, 0.3) is 0 Å². The van der Waals surface area contributed by atoms with E-state index in [1.807, 2.05) is 30.3 Å². The van der Waals surface area contributed by atoms with E-state index in [9.17, 15) is 10.4 Å². The van der Waals surface area contributed by atoms with Crippen molar-refractivity contribution in [2.24, 2.45) is 0 Å². The van der Waals surface area contributed by atoms with Gasteiger partial charge in [-0.2, -0.15) is 5.26 Å². The number of benzene rings is 2. The molecule has 4 atom stereocenters. The van der Waals surface area contributed by atoms with Crippen molar-refractivity contribution in [1.82, 2.24) is 4.90 Å². The molecular weight excluding hydrogens is 352 g/mol. The number of aliphatic hydroxyl groups is 1. The highest BCUT2D eigenvalue weighted by atomic mass is 16.6. The van der Waals surface area contributed by atoms with Gasteiger partial charge in [0.25, 0.3) is 0 Å². The zero-order valence-corrected chi connectivity index (χ0v) is 15.8. The predicted octanol–water partition coefficient (Wildman–Crippen LogP) is 3.19. The van der Waals surface area contributed by atoms with E-state index in [0.29, 0.717) is 13.2 Å². The minimum absolute atomic E-state index is 0.0210. The normalized spacial score (nSPS) is 29.1. The summed E-state index contributed by atoms with van der Waals surface area (Å²) < 4.78 is 11.6. The fourth-order valence-corrected chi connectivity index (χ4v) is 5.06. The molecule has 5 heteroatoms. The summed E-state index contributed by atoms with van der Waals surface area (Å²) in [6.45, 7) is 1.94. The molecule has 0 amide bonds. The average Bonchev–Trinajstić information content (AvgIpc) is 3.09. The van der Waals surface area contributed by atoms with Crippen LogP contribution in [0.4, 0.5) is 0 Å². The minimum atomic E-state index is -0.523. The number of fused-ring (bicyclic) bond motifs is 2. The molecule has 2 aromatic carbocycles. The van der Waals surface area contributed by atoms with Crippen LogP contribution in [-0.2, 0) is 6.42 Å². The molecular formula is C23H24N2O3. The highest BCUT2D eigenvalue weighted by Crippen LogP contribution is 2.44. The first-order valence-corrected chi connectivity index (χ1v) is 10.1. The Hall–Kier alpha value is -2.55. The van der Waals surface area contributed by atoms with Crippen molar-refractivity contribution in [1.29, 1.82) is 5.26 Å². The number of likely N-dealkylation sites (tertiary alicyclic amines) is 1. The molecule has 5 rings (SSSR count). The lowest BCUT2D eigenvalue weighted by Gasteiger charge is -2.41. The smallest absolute Gasteiger partial charge is 0.164 e. The van der Waals surface area contributed by atoms with Crippen LogP contribution in [0.5, 0.6) is 11.5 Å². The van der Waals surface area contributed by atoms with Gasteiger partial charge in [-0.05, 0) is 42.4 Å². The molecule has 2 aromatic rings. The quantitative estimate of drug-likeness (QED) is 0.872. The third-order valence-corrected chi connectivity index (χ3v) is 6.42. The van der Waals surface area contributed by atoms with Crippen molar-refractivity contribution in [2.45, 2.75) is 43.4 Å². The van der Waals surface area contributed by atoms with E-state index >= 15 is 0 Å². The number of hydrogen-bond acceptors (Lipinski definition) is 5. The number of piperidine rings is 1. The van der Waals surface area contributed by atoms with E-state index in [1.165, 1.54) is 5.56 Å². The van der Waals surface area contributed by atoms with Crippen molar-refractivity contribution in [2.75, 3.05) is 19.8 Å². The van der Waals surface area contributed by atoms with Crippen molar-refractivity contribution in [3.05, 3.63) is 59.2 Å². The van der Waals surface area contributed by atoms with Crippen molar-refractivity contribution in [3.8, 4) is 17.6 Å². The zero-order chi connectivity index (χ0) is 19.1. The Bertz CT molecular complexity index is 922. The second-order valence-corrected chi connectivity index (χ2v) is 7.89. The van der Waals surface area contributed by atoms with Gasteiger partial charge in [-0.25, -0.2) is 0 Å². The summed E-state index contributed by atoms with van der Waals surface area (Å²) in [6.07, 6.45) is 1.97. The Morgan fingerprint density at radius 2 is 1.86 bits per heavy atom. The number of nitriles is 1. The molecule has 0 saturated carbocycles. The molecule has 4 unspecified atom stereocenters. The van der Waals surface area contributed by atoms with Crippen LogP contribution in [0.15, 0.2) is 42.5 Å². The van der Waals surface area contributed by atoms with Gasteiger partial charge in [-0.1, -0.05) is 36.4 Å². The first-order chi connectivity index (χ1) is 13.8. The van der Waals surface area contributed by atoms with Crippen LogP contribution < -0.4 is 9.47 Å². The van der Waals surface area contributed by atoms with Crippen LogP contribution in [0.3, 0.4) is 0 Å². The van der Waals surface area contributed by atoms with Gasteiger partial charge in [-0.3, -0.25) is 4.90 Å². The van der Waals surface area contributed by atoms with Gasteiger partial charge in [0.2, 0.25) is 0 Å². The lowest BCUT2D eigenvalue weighted by atomic mass is 9.84. The van der Waals surface area contributed by atoms with Crippen LogP contribution in [0, 0.1) is 11.3 Å². The first kappa shape index (κ1) is 17.5. The molecule has 2 heterocycles. The van der Waals surface area contributed by atoms with Gasteiger partial charge < -0.3 is 14.6 Å². The molecule has 1 saturated heterocycles. The van der Waals surface area contributed by atoms with E-state index in [-0.39, 0.29) is 18.0 Å². The molecule has 1 aliphatic carbocycles. The lowest BCUT2D eigenvalue weighted by Crippen LogP contribution is -2.49. The summed E-state index contributed by atoms with van der Waals surface area (Å²) in [4.78, 5) is 2.22. The largest absolute Gasteiger partial charge is 0.486 e. The molecule has 1 fully saturated rings. The van der Waals surface area contributed by atoms with E-state index in [1.54, 1.807) is 0 Å². The fraction of sp³-hybridized carbons (Fsp3) is 0.435. The maximum atomic E-state index is 10.9. The molecule has 0 spiro atoms. The Labute approximate surface area is 165 Å². The molecule has 2 aliphatic heterocycles. The number of para-hydroxylation sites is 1. The topological polar surface area (TPSA) is 65.7 Å². The Balaban J connectivity index is 1.37. The maximum Gasteiger partial charge on any atom is 0.164 e. The Morgan fingerprint density at radius 3 is 2.71 bits per heavy atom. The van der Waals surface area contributed by atoms with Crippen molar-refractivity contribution < 1.29 is 14.6 Å². The number of rotatable bonds is 2. The van der Waals surface area contributed by atoms with Gasteiger partial charge in [0.15, 0.2) is 11.5 Å². The van der Waals surface area contributed by atoms with Gasteiger partial charge in [0.1, 0.15) is 13.2 Å². The summed E-state index contributed by atoms with van der Waals surface area (Å²) in [5.41, 5.74) is 3.35. The maximum absolute atomic E-state index is 10.9. The molecule has 144 valence electrons. The second-order valence-electron chi connectivity index (χ2n) is 7.89. The van der Waals surface area contributed by atoms with Crippen LogP contribution in [0.2, 0.25) is 0 Å². The van der Waals surface area contributed by atoms with Crippen LogP contribution >= 0.6 is 0 Å². The molecule has 0 aromatic heterocycles. The van der Waals surface area contributed by atoms with Crippen molar-refractivity contribution in [3.63, 3.8) is 0 Å². The molecule has 0 bridgehead atoms. The number of aliphatic hydroxyl groups excluding tert-OH is 1. The van der Waals surface area contributed by atoms with Gasteiger partial charge in [-0.15, -0.1) is 0 Å². The zero-order valence-electron chi connectivity index (χ0n) is 15.8. The highest BCUT2D eigenvalue weighted by molar-refractivity contribution is 5.49. The predicted molar refractivity (Wildman–Crippen MR) is 104 cm³/mol. The molecule has 3 aliphatic rings. The molecule has 0 radical (unpaired) electrons. The van der Waals surface area contributed by atoms with Gasteiger partial charge >= 0.3 is 0 Å². The summed E-state index contributed by atoms with van der Waals surface area (Å²) in [5.74, 6) is 1.91. The first-order valence-electron chi connectivity index (χ1n) is 10.1. The monoisotopic (exact) mass is 376 g/mol. The van der Waals surface area contributed by atoms with Gasteiger partial charge in [0, 0.05) is 18.2 Å². The molecule has 1 N–H and O–H groups in total. The minimum Gasteiger partial charge on any atom is -0.486 e. The second kappa shape index (κ2) is 7.12. The SMILES string of the molecule is N#CC1CC(c2cccc3c2OCCO3)CCN1C1Cc2ccccc2C1O. The van der Waals surface area contributed by atoms with E-state index in [0.717, 1.165) is 48.4 Å². The lowest BCUT2D eigenvalue weighted by molar-refractivity contribution is 0.0274. The van der Waals surface area contributed by atoms with E-state index in [4.69, 9.17) is 9.47 Å². The Kier molecular flexibility index (Phi) is 4.46. The Morgan fingerprint density at radius 1 is 1.04 bits per heavy atom. The molecule has 28 heavy (non-hydrogen) atoms. The third kappa shape index (κ3) is 2.85. The summed E-state index contributed by atoms with van der Waals surface area (Å²) in [5, 5.41) is 20.8. The summed E-state index contributed by atoms with van der Waals surface area (Å²) in [7, 11) is 0.